The first-order valence-corrected chi connectivity index (χ1v) is 8.12. The Morgan fingerprint density at radius 1 is 0.920 bits per heavy atom. The van der Waals surface area contributed by atoms with Crippen molar-refractivity contribution in [1.29, 1.82) is 0 Å². The Labute approximate surface area is 146 Å². The number of nitrogens with one attached hydrogen (secondary N) is 2. The molecule has 0 bridgehead atoms. The van der Waals surface area contributed by atoms with Gasteiger partial charge in [0.25, 0.3) is 0 Å². The molecule has 0 saturated carbocycles. The molecule has 6 nitrogen and oxygen atoms in total. The van der Waals surface area contributed by atoms with Gasteiger partial charge in [-0.15, -0.1) is 0 Å². The second-order valence-electron chi connectivity index (χ2n) is 5.52. The molecule has 132 valence electrons. The third-order valence-corrected chi connectivity index (χ3v) is 3.48. The van der Waals surface area contributed by atoms with E-state index >= 15 is 0 Å². The maximum Gasteiger partial charge on any atom is 0.315 e. The van der Waals surface area contributed by atoms with Crippen molar-refractivity contribution in [1.82, 2.24) is 10.6 Å². The van der Waals surface area contributed by atoms with Crippen LogP contribution in [0.5, 0.6) is 5.75 Å². The van der Waals surface area contributed by atoms with Crippen LogP contribution in [0.25, 0.3) is 0 Å². The van der Waals surface area contributed by atoms with Crippen LogP contribution in [0.4, 0.5) is 4.79 Å². The van der Waals surface area contributed by atoms with E-state index in [4.69, 9.17) is 9.84 Å². The van der Waals surface area contributed by atoms with E-state index in [1.165, 1.54) is 0 Å². The van der Waals surface area contributed by atoms with Crippen LogP contribution >= 0.6 is 0 Å². The second-order valence-corrected chi connectivity index (χ2v) is 5.52. The molecule has 0 heterocycles. The Bertz CT molecular complexity index is 672. The van der Waals surface area contributed by atoms with Crippen LogP contribution < -0.4 is 15.4 Å². The summed E-state index contributed by atoms with van der Waals surface area (Å²) in [5.74, 6) is -0.0949. The number of benzene rings is 2. The predicted octanol–water partition coefficient (Wildman–Crippen LogP) is 2.93. The highest BCUT2D eigenvalue weighted by molar-refractivity contribution is 5.73. The van der Waals surface area contributed by atoms with Crippen LogP contribution in [-0.4, -0.2) is 23.7 Å². The SMILES string of the molecule is O=C(O)CCCNC(=O)NCc1ccc(OCc2ccccc2)cc1. The summed E-state index contributed by atoms with van der Waals surface area (Å²) in [5.41, 5.74) is 2.06. The van der Waals surface area contributed by atoms with Gasteiger partial charge in [0.2, 0.25) is 0 Å². The molecule has 0 fully saturated rings. The average molecular weight is 342 g/mol. The molecule has 2 rings (SSSR count). The van der Waals surface area contributed by atoms with Crippen molar-refractivity contribution in [3.05, 3.63) is 65.7 Å². The third kappa shape index (κ3) is 7.39. The minimum atomic E-state index is -0.864. The van der Waals surface area contributed by atoms with Gasteiger partial charge in [0.05, 0.1) is 0 Å². The lowest BCUT2D eigenvalue weighted by molar-refractivity contribution is -0.137. The molecule has 0 atom stereocenters. The lowest BCUT2D eigenvalue weighted by Gasteiger charge is -2.09. The number of rotatable bonds is 9. The minimum absolute atomic E-state index is 0.0464. The zero-order valence-electron chi connectivity index (χ0n) is 13.9. The minimum Gasteiger partial charge on any atom is -0.489 e. The number of carbonyl (C=O) groups is 2. The van der Waals surface area contributed by atoms with Crippen LogP contribution in [0, 0.1) is 0 Å². The summed E-state index contributed by atoms with van der Waals surface area (Å²) in [4.78, 5) is 22.0. The number of hydrogen-bond acceptors (Lipinski definition) is 3. The zero-order chi connectivity index (χ0) is 17.9. The Morgan fingerprint density at radius 3 is 2.32 bits per heavy atom. The fourth-order valence-corrected chi connectivity index (χ4v) is 2.13. The molecule has 0 aliphatic heterocycles. The summed E-state index contributed by atoms with van der Waals surface area (Å²) in [7, 11) is 0. The molecular formula is C19H22N2O4. The second kappa shape index (κ2) is 9.97. The fraction of sp³-hybridized carbons (Fsp3) is 0.263. The van der Waals surface area contributed by atoms with Gasteiger partial charge in [0.15, 0.2) is 0 Å². The molecule has 0 radical (unpaired) electrons. The lowest BCUT2D eigenvalue weighted by atomic mass is 10.2. The van der Waals surface area contributed by atoms with E-state index in [2.05, 4.69) is 10.6 Å². The summed E-state index contributed by atoms with van der Waals surface area (Å²) in [6, 6.07) is 17.1. The number of amides is 2. The van der Waals surface area contributed by atoms with Gasteiger partial charge in [-0.2, -0.15) is 0 Å². The molecule has 0 saturated heterocycles. The van der Waals surface area contributed by atoms with Gasteiger partial charge in [0.1, 0.15) is 12.4 Å². The molecule has 0 unspecified atom stereocenters. The Morgan fingerprint density at radius 2 is 1.64 bits per heavy atom. The molecule has 3 N–H and O–H groups in total. The first-order valence-electron chi connectivity index (χ1n) is 8.12. The normalized spacial score (nSPS) is 10.1. The number of carboxylic acids is 1. The number of hydrogen-bond donors (Lipinski definition) is 3. The first kappa shape index (κ1) is 18.3. The number of ether oxygens (including phenoxy) is 1. The monoisotopic (exact) mass is 342 g/mol. The Hall–Kier alpha value is -3.02. The van der Waals surface area contributed by atoms with Crippen molar-refractivity contribution in [2.45, 2.75) is 26.0 Å². The summed E-state index contributed by atoms with van der Waals surface area (Å²) in [5, 5.41) is 13.9. The molecule has 2 amide bonds. The van der Waals surface area contributed by atoms with Gasteiger partial charge in [0, 0.05) is 19.5 Å². The summed E-state index contributed by atoms with van der Waals surface area (Å²) >= 11 is 0. The maximum absolute atomic E-state index is 11.6. The predicted molar refractivity (Wildman–Crippen MR) is 94.3 cm³/mol. The van der Waals surface area contributed by atoms with Gasteiger partial charge in [-0.25, -0.2) is 4.79 Å². The largest absolute Gasteiger partial charge is 0.489 e. The Kier molecular flexibility index (Phi) is 7.31. The van der Waals surface area contributed by atoms with Crippen LogP contribution in [-0.2, 0) is 17.9 Å². The van der Waals surface area contributed by atoms with Crippen molar-refractivity contribution >= 4 is 12.0 Å². The van der Waals surface area contributed by atoms with E-state index in [-0.39, 0.29) is 12.5 Å². The van der Waals surface area contributed by atoms with Crippen molar-refractivity contribution in [2.24, 2.45) is 0 Å². The average Bonchev–Trinajstić information content (AvgIpc) is 2.63. The van der Waals surface area contributed by atoms with Crippen molar-refractivity contribution < 1.29 is 19.4 Å². The Balaban J connectivity index is 1.67. The van der Waals surface area contributed by atoms with Gasteiger partial charge >= 0.3 is 12.0 Å². The zero-order valence-corrected chi connectivity index (χ0v) is 13.9. The summed E-state index contributed by atoms with van der Waals surface area (Å²) < 4.78 is 5.71. The van der Waals surface area contributed by atoms with Crippen LogP contribution in [0.1, 0.15) is 24.0 Å². The molecule has 0 aliphatic carbocycles. The molecule has 2 aromatic carbocycles. The fourth-order valence-electron chi connectivity index (χ4n) is 2.13. The highest BCUT2D eigenvalue weighted by Crippen LogP contribution is 2.14. The topological polar surface area (TPSA) is 87.7 Å². The number of carbonyl (C=O) groups excluding carboxylic acids is 1. The van der Waals surface area contributed by atoms with Crippen molar-refractivity contribution in [3.8, 4) is 5.75 Å². The summed E-state index contributed by atoms with van der Waals surface area (Å²) in [6.45, 7) is 1.24. The maximum atomic E-state index is 11.6. The molecule has 25 heavy (non-hydrogen) atoms. The van der Waals surface area contributed by atoms with E-state index in [0.717, 1.165) is 16.9 Å². The van der Waals surface area contributed by atoms with E-state index in [9.17, 15) is 9.59 Å². The van der Waals surface area contributed by atoms with Gasteiger partial charge in [-0.05, 0) is 29.7 Å². The molecule has 0 aromatic heterocycles. The van der Waals surface area contributed by atoms with Crippen LogP contribution in [0.3, 0.4) is 0 Å². The van der Waals surface area contributed by atoms with E-state index in [0.29, 0.717) is 26.1 Å². The number of urea groups is 1. The molecule has 6 heteroatoms. The van der Waals surface area contributed by atoms with Gasteiger partial charge in [-0.1, -0.05) is 42.5 Å². The van der Waals surface area contributed by atoms with Gasteiger partial charge in [-0.3, -0.25) is 4.79 Å². The quantitative estimate of drug-likeness (QED) is 0.612. The number of carboxylic acid groups (broad SMARTS) is 1. The first-order chi connectivity index (χ1) is 12.1. The highest BCUT2D eigenvalue weighted by atomic mass is 16.5. The third-order valence-electron chi connectivity index (χ3n) is 3.48. The van der Waals surface area contributed by atoms with E-state index in [1.54, 1.807) is 0 Å². The van der Waals surface area contributed by atoms with E-state index < -0.39 is 5.97 Å². The van der Waals surface area contributed by atoms with Crippen molar-refractivity contribution in [3.63, 3.8) is 0 Å². The lowest BCUT2D eigenvalue weighted by Crippen LogP contribution is -2.35. The smallest absolute Gasteiger partial charge is 0.315 e. The molecular weight excluding hydrogens is 320 g/mol. The standard InChI is InChI=1S/C19H22N2O4/c22-18(23)7-4-12-20-19(24)21-13-15-8-10-17(11-9-15)25-14-16-5-2-1-3-6-16/h1-3,5-6,8-11H,4,7,12-14H2,(H,22,23)(H2,20,21,24). The van der Waals surface area contributed by atoms with Crippen LogP contribution in [0.15, 0.2) is 54.6 Å². The molecule has 0 spiro atoms. The molecule has 0 aliphatic rings. The van der Waals surface area contributed by atoms with Gasteiger partial charge < -0.3 is 20.5 Å². The van der Waals surface area contributed by atoms with E-state index in [1.807, 2.05) is 54.6 Å². The number of aliphatic carboxylic acids is 1. The summed E-state index contributed by atoms with van der Waals surface area (Å²) in [6.07, 6.45) is 0.459. The van der Waals surface area contributed by atoms with Crippen LogP contribution in [0.2, 0.25) is 0 Å². The highest BCUT2D eigenvalue weighted by Gasteiger charge is 2.02. The van der Waals surface area contributed by atoms with Crippen molar-refractivity contribution in [2.75, 3.05) is 6.54 Å². The molecule has 2 aromatic rings.